The normalized spacial score (nSPS) is 13.4. The van der Waals surface area contributed by atoms with Crippen LogP contribution in [-0.2, 0) is 9.59 Å². The van der Waals surface area contributed by atoms with Crippen LogP contribution in [-0.4, -0.2) is 29.7 Å². The highest BCUT2D eigenvalue weighted by Gasteiger charge is 2.19. The van der Waals surface area contributed by atoms with Gasteiger partial charge >= 0.3 is 0 Å². The largest absolute Gasteiger partial charge is 0.488 e. The highest BCUT2D eigenvalue weighted by Crippen LogP contribution is 2.36. The van der Waals surface area contributed by atoms with Gasteiger partial charge in [0.05, 0.1) is 24.6 Å². The molecule has 0 aromatic heterocycles. The van der Waals surface area contributed by atoms with Crippen LogP contribution in [0.2, 0.25) is 0 Å². The number of fused-ring (bicyclic) bond motifs is 1. The van der Waals surface area contributed by atoms with Crippen LogP contribution in [0.5, 0.6) is 17.2 Å². The number of aryl methyl sites for hydroxylation is 1. The predicted octanol–water partition coefficient (Wildman–Crippen LogP) is 4.51. The molecule has 4 rings (SSSR count). The molecule has 0 unspecified atom stereocenters. The molecule has 1 aliphatic heterocycles. The van der Waals surface area contributed by atoms with E-state index in [0.717, 1.165) is 16.3 Å². The summed E-state index contributed by atoms with van der Waals surface area (Å²) in [6.07, 6.45) is 2.79. The summed E-state index contributed by atoms with van der Waals surface area (Å²) in [5.41, 5.74) is 1.60. The van der Waals surface area contributed by atoms with Crippen molar-refractivity contribution in [2.45, 2.75) is 13.3 Å². The van der Waals surface area contributed by atoms with Gasteiger partial charge in [-0.2, -0.15) is 5.26 Å². The average molecular weight is 412 g/mol. The minimum atomic E-state index is -0.232. The molecule has 0 radical (unpaired) electrons. The van der Waals surface area contributed by atoms with Gasteiger partial charge < -0.3 is 14.4 Å². The molecular weight excluding hydrogens is 392 g/mol. The molecule has 3 aromatic rings. The Morgan fingerprint density at radius 1 is 1.03 bits per heavy atom. The van der Waals surface area contributed by atoms with Crippen molar-refractivity contribution in [3.8, 4) is 23.3 Å². The van der Waals surface area contributed by atoms with Crippen LogP contribution in [0.4, 0.5) is 0 Å². The fourth-order valence-electron chi connectivity index (χ4n) is 3.36. The Bertz CT molecular complexity index is 1240. The van der Waals surface area contributed by atoms with Crippen LogP contribution in [0.3, 0.4) is 0 Å². The third kappa shape index (κ3) is 4.57. The number of carbonyl (C=O) groups is 2. The number of hydrogen-bond acceptors (Lipinski definition) is 5. The molecule has 1 heterocycles. The summed E-state index contributed by atoms with van der Waals surface area (Å²) in [4.78, 5) is 24.7. The standard InChI is InChI=1S/C25H20N2O4/c1-17-5-8-23(24(13-17)30-12-11-27-10-9-20(28)15-25(27)29)31-22-4-2-3-19-14-18(16-26)6-7-21(19)22/h2-10,13-14H,11-12,15H2,1H3. The zero-order chi connectivity index (χ0) is 21.8. The summed E-state index contributed by atoms with van der Waals surface area (Å²) in [5, 5.41) is 10.9. The SMILES string of the molecule is Cc1ccc(Oc2cccc3cc(C#N)ccc23)c(OCCN2C=CC(=O)CC2=O)c1. The van der Waals surface area contributed by atoms with E-state index < -0.39 is 0 Å². The highest BCUT2D eigenvalue weighted by molar-refractivity contribution is 6.06. The molecular formula is C25H20N2O4. The maximum absolute atomic E-state index is 11.9. The topological polar surface area (TPSA) is 79.6 Å². The van der Waals surface area contributed by atoms with Crippen molar-refractivity contribution in [3.05, 3.63) is 78.0 Å². The second-order valence-electron chi connectivity index (χ2n) is 7.25. The lowest BCUT2D eigenvalue weighted by Gasteiger charge is -2.21. The zero-order valence-electron chi connectivity index (χ0n) is 17.0. The number of ketones is 1. The lowest BCUT2D eigenvalue weighted by Crippen LogP contribution is -2.34. The molecule has 1 amide bonds. The van der Waals surface area contributed by atoms with Crippen LogP contribution in [0.15, 0.2) is 66.9 Å². The monoisotopic (exact) mass is 412 g/mol. The van der Waals surface area contributed by atoms with Gasteiger partial charge in [-0.1, -0.05) is 18.2 Å². The first-order valence-electron chi connectivity index (χ1n) is 9.88. The summed E-state index contributed by atoms with van der Waals surface area (Å²) < 4.78 is 12.1. The van der Waals surface area contributed by atoms with Gasteiger partial charge in [-0.05, 0) is 60.3 Å². The van der Waals surface area contributed by atoms with Crippen LogP contribution >= 0.6 is 0 Å². The number of allylic oxidation sites excluding steroid dienone is 1. The van der Waals surface area contributed by atoms with Gasteiger partial charge in [0.25, 0.3) is 0 Å². The molecule has 0 saturated heterocycles. The molecule has 0 atom stereocenters. The summed E-state index contributed by atoms with van der Waals surface area (Å²) in [5.74, 6) is 1.36. The van der Waals surface area contributed by atoms with E-state index in [1.54, 1.807) is 6.07 Å². The summed E-state index contributed by atoms with van der Waals surface area (Å²) in [7, 11) is 0. The van der Waals surface area contributed by atoms with Crippen LogP contribution in [0.25, 0.3) is 10.8 Å². The molecule has 0 saturated carbocycles. The minimum absolute atomic E-state index is 0.107. The molecule has 0 aliphatic carbocycles. The van der Waals surface area contributed by atoms with Gasteiger partial charge in [0.2, 0.25) is 5.91 Å². The number of ether oxygens (including phenoxy) is 2. The molecule has 0 bridgehead atoms. The highest BCUT2D eigenvalue weighted by atomic mass is 16.5. The van der Waals surface area contributed by atoms with Crippen LogP contribution in [0.1, 0.15) is 17.5 Å². The van der Waals surface area contributed by atoms with E-state index in [1.807, 2.05) is 55.5 Å². The quantitative estimate of drug-likeness (QED) is 0.557. The molecule has 154 valence electrons. The molecule has 6 heteroatoms. The number of benzene rings is 3. The van der Waals surface area contributed by atoms with Gasteiger partial charge in [-0.25, -0.2) is 0 Å². The number of nitriles is 1. The van der Waals surface area contributed by atoms with E-state index in [4.69, 9.17) is 14.7 Å². The first-order chi connectivity index (χ1) is 15.0. The smallest absolute Gasteiger partial charge is 0.234 e. The van der Waals surface area contributed by atoms with E-state index in [9.17, 15) is 9.59 Å². The van der Waals surface area contributed by atoms with Crippen molar-refractivity contribution in [3.63, 3.8) is 0 Å². The molecule has 3 aromatic carbocycles. The van der Waals surface area contributed by atoms with Crippen molar-refractivity contribution in [1.29, 1.82) is 5.26 Å². The molecule has 1 aliphatic rings. The Morgan fingerprint density at radius 3 is 2.71 bits per heavy atom. The number of carbonyl (C=O) groups excluding carboxylic acids is 2. The Kier molecular flexibility index (Phi) is 5.67. The number of rotatable bonds is 6. The minimum Gasteiger partial charge on any atom is -0.488 e. The molecule has 0 N–H and O–H groups in total. The van der Waals surface area contributed by atoms with Gasteiger partial charge in [0.1, 0.15) is 12.4 Å². The van der Waals surface area contributed by atoms with Crippen molar-refractivity contribution in [2.75, 3.05) is 13.2 Å². The summed E-state index contributed by atoms with van der Waals surface area (Å²) in [6.45, 7) is 2.55. The van der Waals surface area contributed by atoms with Gasteiger partial charge in [-0.15, -0.1) is 0 Å². The van der Waals surface area contributed by atoms with Crippen molar-refractivity contribution in [2.24, 2.45) is 0 Å². The van der Waals surface area contributed by atoms with E-state index in [1.165, 1.54) is 17.2 Å². The third-order valence-electron chi connectivity index (χ3n) is 4.96. The number of nitrogens with zero attached hydrogens (tertiary/aromatic N) is 2. The Labute approximate surface area is 179 Å². The summed E-state index contributed by atoms with van der Waals surface area (Å²) >= 11 is 0. The van der Waals surface area contributed by atoms with Crippen molar-refractivity contribution in [1.82, 2.24) is 4.90 Å². The maximum atomic E-state index is 11.9. The molecule has 0 fully saturated rings. The first-order valence-corrected chi connectivity index (χ1v) is 9.88. The van der Waals surface area contributed by atoms with Gasteiger partial charge in [0.15, 0.2) is 17.3 Å². The average Bonchev–Trinajstić information content (AvgIpc) is 2.76. The molecule has 31 heavy (non-hydrogen) atoms. The maximum Gasteiger partial charge on any atom is 0.234 e. The van der Waals surface area contributed by atoms with Crippen molar-refractivity contribution < 1.29 is 19.1 Å². The van der Waals surface area contributed by atoms with Gasteiger partial charge in [0, 0.05) is 11.6 Å². The van der Waals surface area contributed by atoms with E-state index in [0.29, 0.717) is 29.4 Å². The van der Waals surface area contributed by atoms with E-state index >= 15 is 0 Å². The number of amides is 1. The van der Waals surface area contributed by atoms with Crippen LogP contribution in [0, 0.1) is 18.3 Å². The Hall–Kier alpha value is -4.11. The lowest BCUT2D eigenvalue weighted by molar-refractivity contribution is -0.133. The Morgan fingerprint density at radius 2 is 1.90 bits per heavy atom. The predicted molar refractivity (Wildman–Crippen MR) is 116 cm³/mol. The first kappa shape index (κ1) is 20.2. The lowest BCUT2D eigenvalue weighted by atomic mass is 10.1. The van der Waals surface area contributed by atoms with E-state index in [-0.39, 0.29) is 24.7 Å². The van der Waals surface area contributed by atoms with Crippen molar-refractivity contribution >= 4 is 22.5 Å². The fourth-order valence-corrected chi connectivity index (χ4v) is 3.36. The molecule has 0 spiro atoms. The zero-order valence-corrected chi connectivity index (χ0v) is 17.0. The second-order valence-corrected chi connectivity index (χ2v) is 7.25. The van der Waals surface area contributed by atoms with E-state index in [2.05, 4.69) is 6.07 Å². The summed E-state index contributed by atoms with van der Waals surface area (Å²) in [6, 6.07) is 18.9. The molecule has 6 nitrogen and oxygen atoms in total. The van der Waals surface area contributed by atoms with Gasteiger partial charge in [-0.3, -0.25) is 9.59 Å². The fraction of sp³-hybridized carbons (Fsp3) is 0.160. The van der Waals surface area contributed by atoms with Crippen LogP contribution < -0.4 is 9.47 Å². The second kappa shape index (κ2) is 8.72. The number of hydrogen-bond donors (Lipinski definition) is 0. The Balaban J connectivity index is 1.53. The third-order valence-corrected chi connectivity index (χ3v) is 4.96.